The second-order valence-electron chi connectivity index (χ2n) is 11.7. The maximum atomic E-state index is 14.0. The van der Waals surface area contributed by atoms with Crippen LogP contribution in [0.1, 0.15) is 36.7 Å². The maximum absolute atomic E-state index is 14.0. The second kappa shape index (κ2) is 16.3. The van der Waals surface area contributed by atoms with Crippen molar-refractivity contribution in [3.05, 3.63) is 77.4 Å². The lowest BCUT2D eigenvalue weighted by Crippen LogP contribution is -2.27. The minimum atomic E-state index is -4.44. The van der Waals surface area contributed by atoms with Crippen LogP contribution in [0.3, 0.4) is 0 Å². The van der Waals surface area contributed by atoms with Crippen molar-refractivity contribution in [3.63, 3.8) is 0 Å². The summed E-state index contributed by atoms with van der Waals surface area (Å²) in [6.45, 7) is 6.62. The van der Waals surface area contributed by atoms with Gasteiger partial charge in [-0.25, -0.2) is 22.0 Å². The van der Waals surface area contributed by atoms with E-state index in [2.05, 4.69) is 27.6 Å². The van der Waals surface area contributed by atoms with E-state index in [1.165, 1.54) is 18.2 Å². The third-order valence-corrected chi connectivity index (χ3v) is 9.46. The molecule has 0 spiro atoms. The van der Waals surface area contributed by atoms with Crippen molar-refractivity contribution in [1.29, 1.82) is 0 Å². The number of nitrogens with zero attached hydrogens (tertiary/aromatic N) is 3. The number of amides is 1. The minimum absolute atomic E-state index is 0.0618. The van der Waals surface area contributed by atoms with Crippen LogP contribution < -0.4 is 10.6 Å². The zero-order valence-electron chi connectivity index (χ0n) is 28.2. The van der Waals surface area contributed by atoms with Crippen molar-refractivity contribution in [2.24, 2.45) is 0 Å². The van der Waals surface area contributed by atoms with Gasteiger partial charge in [-0.2, -0.15) is 4.68 Å². The normalized spacial score (nSPS) is 13.0. The quantitative estimate of drug-likeness (QED) is 0.156. The number of ether oxygens (including phenoxy) is 3. The number of hydrogen-bond acceptors (Lipinski definition) is 10. The first kappa shape index (κ1) is 37.4. The van der Waals surface area contributed by atoms with Gasteiger partial charge in [0.2, 0.25) is 9.84 Å². The molecule has 1 aromatic heterocycles. The summed E-state index contributed by atoms with van der Waals surface area (Å²) in [5.41, 5.74) is 1.88. The Hall–Kier alpha value is -4.44. The van der Waals surface area contributed by atoms with Crippen LogP contribution in [-0.4, -0.2) is 94.8 Å². The maximum Gasteiger partial charge on any atom is 0.435 e. The molecular formula is C34H41F2N5O7S. The Kier molecular flexibility index (Phi) is 12.4. The summed E-state index contributed by atoms with van der Waals surface area (Å²) >= 11 is 0. The fourth-order valence-electron chi connectivity index (χ4n) is 5.00. The molecule has 4 aromatic rings. The number of carbonyl (C=O) groups is 2. The number of benzene rings is 3. The zero-order chi connectivity index (χ0) is 35.9. The molecule has 264 valence electrons. The summed E-state index contributed by atoms with van der Waals surface area (Å²) < 4.78 is 71.5. The van der Waals surface area contributed by atoms with E-state index in [4.69, 9.17) is 14.2 Å². The van der Waals surface area contributed by atoms with Gasteiger partial charge < -0.3 is 29.7 Å². The number of methoxy groups -OCH3 is 1. The number of sulfone groups is 1. The minimum Gasteiger partial charge on any atom is -0.445 e. The van der Waals surface area contributed by atoms with E-state index in [1.54, 1.807) is 20.1 Å². The number of rotatable bonds is 15. The lowest BCUT2D eigenvalue weighted by molar-refractivity contribution is 0.0786. The number of halogens is 2. The Morgan fingerprint density at radius 2 is 1.69 bits per heavy atom. The lowest BCUT2D eigenvalue weighted by atomic mass is 10.0. The number of hydrogen-bond donors (Lipinski definition) is 2. The first-order valence-corrected chi connectivity index (χ1v) is 17.1. The van der Waals surface area contributed by atoms with Gasteiger partial charge in [-0.15, -0.1) is 5.10 Å². The van der Waals surface area contributed by atoms with Crippen molar-refractivity contribution in [3.8, 4) is 0 Å². The molecule has 0 bridgehead atoms. The largest absolute Gasteiger partial charge is 0.445 e. The smallest absolute Gasteiger partial charge is 0.435 e. The fraction of sp³-hybridized carbons (Fsp3) is 0.382. The molecule has 0 radical (unpaired) electrons. The van der Waals surface area contributed by atoms with Crippen molar-refractivity contribution < 1.29 is 41.0 Å². The molecule has 0 fully saturated rings. The van der Waals surface area contributed by atoms with Crippen molar-refractivity contribution in [2.45, 2.75) is 49.1 Å². The highest BCUT2D eigenvalue weighted by molar-refractivity contribution is 7.91. The molecule has 2 atom stereocenters. The van der Waals surface area contributed by atoms with Gasteiger partial charge in [0.1, 0.15) is 18.2 Å². The SMILES string of the molecule is CCOCCOC(=O)n1nc(NC(=O)c2ccc(CC(C)N(C)C)cc2N[C@H](C)COC)c2cc(S(=O)(=O)c3cc(F)cc(F)c3)ccc21. The summed E-state index contributed by atoms with van der Waals surface area (Å²) in [5, 5.41) is 10.4. The van der Waals surface area contributed by atoms with E-state index in [0.29, 0.717) is 37.1 Å². The highest BCUT2D eigenvalue weighted by Gasteiger charge is 2.25. The van der Waals surface area contributed by atoms with Crippen LogP contribution in [0, 0.1) is 11.6 Å². The zero-order valence-corrected chi connectivity index (χ0v) is 29.1. The summed E-state index contributed by atoms with van der Waals surface area (Å²) in [5.74, 6) is -2.88. The van der Waals surface area contributed by atoms with E-state index < -0.39 is 38.4 Å². The average molecular weight is 702 g/mol. The number of aromatic nitrogens is 2. The molecule has 0 aliphatic heterocycles. The van der Waals surface area contributed by atoms with E-state index in [-0.39, 0.29) is 52.5 Å². The summed E-state index contributed by atoms with van der Waals surface area (Å²) in [6, 6.07) is 11.1. The molecule has 1 unspecified atom stereocenters. The average Bonchev–Trinajstić information content (AvgIpc) is 3.40. The predicted octanol–water partition coefficient (Wildman–Crippen LogP) is 5.36. The molecular weight excluding hydrogens is 660 g/mol. The number of carbonyl (C=O) groups excluding carboxylic acids is 2. The number of anilines is 2. The lowest BCUT2D eigenvalue weighted by Gasteiger charge is -2.22. The molecule has 15 heteroatoms. The molecule has 3 aromatic carbocycles. The van der Waals surface area contributed by atoms with Crippen molar-refractivity contribution in [1.82, 2.24) is 14.7 Å². The number of fused-ring (bicyclic) bond motifs is 1. The van der Waals surface area contributed by atoms with E-state index in [9.17, 15) is 26.8 Å². The summed E-state index contributed by atoms with van der Waals surface area (Å²) in [4.78, 5) is 28.1. The standard InChI is InChI=1S/C34H41F2N5O7S/c1-7-47-12-13-48-34(43)41-31-11-9-26(49(44,45)27-17-24(35)16-25(36)18-27)19-29(31)32(39-41)38-33(42)28-10-8-23(14-22(3)40(4)5)15-30(28)37-21(2)20-46-6/h8-11,15-19,21-22,37H,7,12-14,20H2,1-6H3,(H,38,39,42)/t21-,22?/m1/s1. The van der Waals surface area contributed by atoms with Gasteiger partial charge in [-0.05, 0) is 89.3 Å². The molecule has 1 amide bonds. The molecule has 0 aliphatic carbocycles. The summed E-state index contributed by atoms with van der Waals surface area (Å²) in [7, 11) is 1.10. The molecule has 0 aliphatic rings. The summed E-state index contributed by atoms with van der Waals surface area (Å²) in [6.07, 6.45) is -0.182. The van der Waals surface area contributed by atoms with Crippen LogP contribution >= 0.6 is 0 Å². The Labute approximate surface area is 284 Å². The monoisotopic (exact) mass is 701 g/mol. The third kappa shape index (κ3) is 9.17. The van der Waals surface area contributed by atoms with Gasteiger partial charge in [0.05, 0.1) is 34.1 Å². The van der Waals surface area contributed by atoms with E-state index >= 15 is 0 Å². The first-order valence-electron chi connectivity index (χ1n) is 15.6. The van der Waals surface area contributed by atoms with Gasteiger partial charge in [0.15, 0.2) is 5.82 Å². The Bertz CT molecular complexity index is 1900. The topological polar surface area (TPSA) is 141 Å². The van der Waals surface area contributed by atoms with Crippen LogP contribution in [-0.2, 0) is 30.5 Å². The first-order chi connectivity index (χ1) is 23.2. The van der Waals surface area contributed by atoms with E-state index in [1.807, 2.05) is 33.2 Å². The number of likely N-dealkylation sites (N-methyl/N-ethyl adjacent to an activating group) is 1. The Morgan fingerprint density at radius 1 is 0.980 bits per heavy atom. The second-order valence-corrected chi connectivity index (χ2v) is 13.7. The molecule has 0 saturated heterocycles. The van der Waals surface area contributed by atoms with Gasteiger partial charge in [0, 0.05) is 42.9 Å². The Balaban J connectivity index is 1.78. The van der Waals surface area contributed by atoms with Crippen LogP contribution in [0.25, 0.3) is 10.9 Å². The van der Waals surface area contributed by atoms with Crippen molar-refractivity contribution >= 4 is 44.2 Å². The van der Waals surface area contributed by atoms with Crippen LogP contribution in [0.5, 0.6) is 0 Å². The highest BCUT2D eigenvalue weighted by Crippen LogP contribution is 2.31. The van der Waals surface area contributed by atoms with Crippen molar-refractivity contribution in [2.75, 3.05) is 58.3 Å². The Morgan fingerprint density at radius 3 is 2.35 bits per heavy atom. The third-order valence-electron chi connectivity index (χ3n) is 7.73. The molecule has 12 nitrogen and oxygen atoms in total. The van der Waals surface area contributed by atoms with Gasteiger partial charge in [0.25, 0.3) is 5.91 Å². The van der Waals surface area contributed by atoms with Gasteiger partial charge in [-0.1, -0.05) is 6.07 Å². The van der Waals surface area contributed by atoms with E-state index in [0.717, 1.165) is 16.7 Å². The highest BCUT2D eigenvalue weighted by atomic mass is 32.2. The van der Waals surface area contributed by atoms with Gasteiger partial charge >= 0.3 is 6.09 Å². The molecule has 0 saturated carbocycles. The molecule has 2 N–H and O–H groups in total. The predicted molar refractivity (Wildman–Crippen MR) is 181 cm³/mol. The van der Waals surface area contributed by atoms with Crippen LogP contribution in [0.4, 0.5) is 25.1 Å². The van der Waals surface area contributed by atoms with Crippen LogP contribution in [0.2, 0.25) is 0 Å². The fourth-order valence-corrected chi connectivity index (χ4v) is 6.33. The molecule has 4 rings (SSSR count). The van der Waals surface area contributed by atoms with Gasteiger partial charge in [-0.3, -0.25) is 4.79 Å². The molecule has 1 heterocycles. The van der Waals surface area contributed by atoms with Crippen LogP contribution in [0.15, 0.2) is 64.4 Å². The molecule has 49 heavy (non-hydrogen) atoms. The number of nitrogens with one attached hydrogen (secondary N) is 2.